The maximum atomic E-state index is 14.4. The van der Waals surface area contributed by atoms with Crippen molar-refractivity contribution in [1.82, 2.24) is 20.3 Å². The molecule has 0 aliphatic carbocycles. The summed E-state index contributed by atoms with van der Waals surface area (Å²) in [6, 6.07) is 37.7. The first-order valence-electron chi connectivity index (χ1n) is 21.0. The van der Waals surface area contributed by atoms with Gasteiger partial charge in [-0.1, -0.05) is 103 Å². The predicted molar refractivity (Wildman–Crippen MR) is 233 cm³/mol. The Kier molecular flexibility index (Phi) is 11.9. The van der Waals surface area contributed by atoms with Gasteiger partial charge in [-0.05, 0) is 104 Å². The van der Waals surface area contributed by atoms with Crippen molar-refractivity contribution in [3.63, 3.8) is 0 Å². The molecule has 3 saturated heterocycles. The number of amides is 1. The second kappa shape index (κ2) is 17.2. The summed E-state index contributed by atoms with van der Waals surface area (Å²) in [7, 11) is -0.345. The second-order valence-electron chi connectivity index (χ2n) is 17.0. The molecule has 11 heteroatoms. The Hall–Kier alpha value is -4.81. The maximum absolute atomic E-state index is 14.4. The summed E-state index contributed by atoms with van der Waals surface area (Å²) in [5.74, 6) is 1.20. The summed E-state index contributed by atoms with van der Waals surface area (Å²) >= 11 is 0. The number of methoxy groups -OCH3 is 1. The van der Waals surface area contributed by atoms with Gasteiger partial charge < -0.3 is 24.8 Å². The number of carbonyl (C=O) groups excluding carboxylic acids is 1. The van der Waals surface area contributed by atoms with Gasteiger partial charge in [-0.2, -0.15) is 0 Å². The zero-order valence-corrected chi connectivity index (χ0v) is 35.3. The zero-order chi connectivity index (χ0) is 40.3. The fourth-order valence-corrected chi connectivity index (χ4v) is 14.3. The van der Waals surface area contributed by atoms with E-state index in [-0.39, 0.29) is 30.6 Å². The molecule has 0 bridgehead atoms. The minimum absolute atomic E-state index is 0.0285. The number of aryl methyl sites for hydroxylation is 2. The molecule has 3 aliphatic heterocycles. The van der Waals surface area contributed by atoms with Crippen LogP contribution in [0.3, 0.4) is 0 Å². The molecule has 58 heavy (non-hydrogen) atoms. The highest BCUT2D eigenvalue weighted by atomic mass is 28.3. The number of benzene rings is 4. The largest absolute Gasteiger partial charge is 0.497 e. The number of rotatable bonds is 14. The van der Waals surface area contributed by atoms with E-state index in [1.54, 1.807) is 7.11 Å². The molecule has 8 rings (SSSR count). The van der Waals surface area contributed by atoms with Crippen molar-refractivity contribution in [3.8, 4) is 5.75 Å². The molecule has 3 fully saturated rings. The second-order valence-corrected chi connectivity index (χ2v) is 21.7. The average molecular weight is 799 g/mol. The van der Waals surface area contributed by atoms with Gasteiger partial charge in [0, 0.05) is 24.1 Å². The number of nitrogens with one attached hydrogen (secondary N) is 1. The molecule has 0 saturated carbocycles. The molecule has 10 nitrogen and oxygen atoms in total. The number of anilines is 2. The molecule has 3 aliphatic rings. The summed E-state index contributed by atoms with van der Waals surface area (Å²) in [6.07, 6.45) is 6.29. The number of aliphatic hydroxyl groups excluding tert-OH is 1. The topological polar surface area (TPSA) is 105 Å². The molecule has 4 heterocycles. The first-order chi connectivity index (χ1) is 28.2. The number of hydrogen-bond acceptors (Lipinski definition) is 8. The van der Waals surface area contributed by atoms with Gasteiger partial charge in [-0.15, -0.1) is 5.10 Å². The third-order valence-electron chi connectivity index (χ3n) is 13.4. The molecule has 1 amide bonds. The van der Waals surface area contributed by atoms with Crippen molar-refractivity contribution >= 4 is 30.5 Å². The molecule has 4 aromatic carbocycles. The molecule has 5 aromatic rings. The Balaban J connectivity index is 0.997. The molecular weight excluding hydrogens is 741 g/mol. The van der Waals surface area contributed by atoms with Crippen molar-refractivity contribution < 1.29 is 19.4 Å². The van der Waals surface area contributed by atoms with Crippen LogP contribution in [0, 0.1) is 5.92 Å². The summed E-state index contributed by atoms with van der Waals surface area (Å²) in [5, 5.41) is 24.1. The van der Waals surface area contributed by atoms with Gasteiger partial charge in [0.1, 0.15) is 11.3 Å². The summed E-state index contributed by atoms with van der Waals surface area (Å²) in [6.45, 7) is 10.2. The van der Waals surface area contributed by atoms with Gasteiger partial charge in [0.15, 0.2) is 0 Å². The lowest BCUT2D eigenvalue weighted by molar-refractivity contribution is -0.122. The van der Waals surface area contributed by atoms with Gasteiger partial charge in [-0.3, -0.25) is 14.4 Å². The van der Waals surface area contributed by atoms with E-state index in [2.05, 4.69) is 113 Å². The van der Waals surface area contributed by atoms with Crippen LogP contribution in [0.15, 0.2) is 115 Å². The van der Waals surface area contributed by atoms with E-state index in [9.17, 15) is 9.90 Å². The Bertz CT molecular complexity index is 2120. The van der Waals surface area contributed by atoms with E-state index in [0.717, 1.165) is 73.6 Å². The molecule has 304 valence electrons. The van der Waals surface area contributed by atoms with E-state index < -0.39 is 13.6 Å². The molecule has 0 radical (unpaired) electrons. The molecule has 1 unspecified atom stereocenters. The quantitative estimate of drug-likeness (QED) is 0.119. The Labute approximate surface area is 344 Å². The van der Waals surface area contributed by atoms with Crippen LogP contribution in [0.1, 0.15) is 55.3 Å². The Morgan fingerprint density at radius 1 is 0.914 bits per heavy atom. The molecule has 1 aromatic heterocycles. The molecule has 1 spiro atoms. The Morgan fingerprint density at radius 2 is 1.62 bits per heavy atom. The number of ether oxygens (including phenoxy) is 2. The number of hydrogen-bond donors (Lipinski definition) is 2. The van der Waals surface area contributed by atoms with Crippen molar-refractivity contribution in [1.29, 1.82) is 0 Å². The van der Waals surface area contributed by atoms with Gasteiger partial charge in [-0.25, -0.2) is 0 Å². The normalized spacial score (nSPS) is 22.5. The molecular formula is C47H58N6O4Si. The summed E-state index contributed by atoms with van der Waals surface area (Å²) in [4.78, 5) is 18.7. The van der Waals surface area contributed by atoms with E-state index in [4.69, 9.17) is 9.47 Å². The molecule has 5 atom stereocenters. The van der Waals surface area contributed by atoms with Gasteiger partial charge >= 0.3 is 0 Å². The van der Waals surface area contributed by atoms with Gasteiger partial charge in [0.2, 0.25) is 0 Å². The third-order valence-corrected chi connectivity index (χ3v) is 17.8. The number of carbonyl (C=O) groups is 1. The van der Waals surface area contributed by atoms with Crippen LogP contribution in [-0.2, 0) is 22.5 Å². The zero-order valence-electron chi connectivity index (χ0n) is 34.3. The summed E-state index contributed by atoms with van der Waals surface area (Å²) in [5.41, 5.74) is 4.92. The third kappa shape index (κ3) is 7.85. The molecule has 2 N–H and O–H groups in total. The maximum Gasteiger partial charge on any atom is 0.254 e. The average Bonchev–Trinajstić information content (AvgIpc) is 3.94. The lowest BCUT2D eigenvalue weighted by Gasteiger charge is -2.39. The van der Waals surface area contributed by atoms with Crippen molar-refractivity contribution in [2.45, 2.75) is 87.9 Å². The van der Waals surface area contributed by atoms with E-state index in [1.165, 1.54) is 10.8 Å². The van der Waals surface area contributed by atoms with Crippen LogP contribution in [0.4, 0.5) is 11.4 Å². The first kappa shape index (κ1) is 40.0. The Morgan fingerprint density at radius 3 is 2.33 bits per heavy atom. The van der Waals surface area contributed by atoms with Gasteiger partial charge in [0.05, 0.1) is 52.3 Å². The van der Waals surface area contributed by atoms with E-state index in [0.29, 0.717) is 24.7 Å². The van der Waals surface area contributed by atoms with Crippen molar-refractivity contribution in [2.24, 2.45) is 5.92 Å². The lowest BCUT2D eigenvalue weighted by Crippen LogP contribution is -2.55. The standard InChI is InChI=1S/C47H58N6O4Si/c1-34-43(23-18-35-12-11-17-38(30-35)52-33-53(37-15-9-6-10-16-37)47(46(52)55)25-27-48-28-26-47)57-44(45(34)58(3,4)40-21-19-39(56-2)20-22-40)24-29-51-31-42(49-50-51)41(32-54)36-13-7-5-8-14-36/h5-17,19-22,30-31,34,41,43-45,48,54H,18,23-29,32-33H2,1-4H3/t34-,41?,43+,44-,45+/m0/s1. The lowest BCUT2D eigenvalue weighted by atomic mass is 9.86. The number of nitrogens with zero attached hydrogens (tertiary/aromatic N) is 5. The SMILES string of the molecule is COc1ccc([Si](C)(C)[C@@H]2[C@@H](C)[C@@H](CCc3cccc(N4CN(c5ccccc5)C5(CCNCC5)C4=O)c3)O[C@H]2CCn2cc(C(CO)c3ccccc3)nn2)cc1. The first-order valence-corrected chi connectivity index (χ1v) is 24.1. The highest BCUT2D eigenvalue weighted by molar-refractivity contribution is 6.91. The van der Waals surface area contributed by atoms with E-state index in [1.807, 2.05) is 52.2 Å². The smallest absolute Gasteiger partial charge is 0.254 e. The number of piperidine rings is 1. The minimum atomic E-state index is -2.06. The van der Waals surface area contributed by atoms with Crippen molar-refractivity contribution in [3.05, 3.63) is 132 Å². The monoisotopic (exact) mass is 798 g/mol. The van der Waals surface area contributed by atoms with Crippen LogP contribution in [0.25, 0.3) is 0 Å². The number of para-hydroxylation sites is 1. The van der Waals surface area contributed by atoms with Crippen LogP contribution < -0.4 is 25.0 Å². The fourth-order valence-electron chi connectivity index (χ4n) is 10.2. The van der Waals surface area contributed by atoms with E-state index >= 15 is 0 Å². The highest BCUT2D eigenvalue weighted by Crippen LogP contribution is 2.47. The van der Waals surface area contributed by atoms with Crippen LogP contribution in [-0.4, -0.2) is 85.3 Å². The van der Waals surface area contributed by atoms with Crippen LogP contribution in [0.5, 0.6) is 5.75 Å². The van der Waals surface area contributed by atoms with Crippen LogP contribution >= 0.6 is 0 Å². The highest BCUT2D eigenvalue weighted by Gasteiger charge is 2.53. The van der Waals surface area contributed by atoms with Gasteiger partial charge in [0.25, 0.3) is 5.91 Å². The van der Waals surface area contributed by atoms with Crippen molar-refractivity contribution in [2.75, 3.05) is 43.3 Å². The summed E-state index contributed by atoms with van der Waals surface area (Å²) < 4.78 is 14.6. The fraction of sp³-hybridized carbons (Fsp3) is 0.426. The number of aromatic nitrogens is 3. The number of aliphatic hydroxyl groups is 1. The minimum Gasteiger partial charge on any atom is -0.497 e. The van der Waals surface area contributed by atoms with Crippen LogP contribution in [0.2, 0.25) is 18.6 Å². The predicted octanol–water partition coefficient (Wildman–Crippen LogP) is 6.76.